The third kappa shape index (κ3) is 4.13. The summed E-state index contributed by atoms with van der Waals surface area (Å²) in [5.41, 5.74) is 4.13. The molecule has 19 heavy (non-hydrogen) atoms. The molecule has 1 rings (SSSR count). The van der Waals surface area contributed by atoms with Crippen molar-refractivity contribution in [3.05, 3.63) is 45.7 Å². The standard InChI is InChI=1S/C11H8ClF4N2O/c1-5(17)2-9(18)19-10-7(12)3-6(4-8(10)13)11(14,15)16/h2-4H,17H2,1H3/q-1/b5-2-. The fraction of sp³-hybridized carbons (Fsp3) is 0.182. The smallest absolute Gasteiger partial charge is 0.416 e. The second-order valence-electron chi connectivity index (χ2n) is 3.60. The molecular weight excluding hydrogens is 288 g/mol. The van der Waals surface area contributed by atoms with E-state index in [2.05, 4.69) is 4.74 Å². The van der Waals surface area contributed by atoms with Crippen molar-refractivity contribution in [3.63, 3.8) is 0 Å². The lowest BCUT2D eigenvalue weighted by atomic mass is 10.2. The molecule has 0 aliphatic heterocycles. The average molecular weight is 296 g/mol. The largest absolute Gasteiger partial charge is 0.771 e. The summed E-state index contributed by atoms with van der Waals surface area (Å²) in [5.74, 6) is -2.86. The zero-order valence-corrected chi connectivity index (χ0v) is 10.3. The van der Waals surface area contributed by atoms with Gasteiger partial charge in [0, 0.05) is 11.6 Å². The van der Waals surface area contributed by atoms with Crippen molar-refractivity contribution in [2.24, 2.45) is 5.73 Å². The van der Waals surface area contributed by atoms with Crippen LogP contribution in [-0.4, -0.2) is 5.90 Å². The van der Waals surface area contributed by atoms with Gasteiger partial charge in [0.2, 0.25) is 0 Å². The predicted molar refractivity (Wildman–Crippen MR) is 63.4 cm³/mol. The highest BCUT2D eigenvalue weighted by molar-refractivity contribution is 6.32. The minimum atomic E-state index is -4.73. The molecule has 104 valence electrons. The highest BCUT2D eigenvalue weighted by Gasteiger charge is 2.32. The molecule has 8 heteroatoms. The summed E-state index contributed by atoms with van der Waals surface area (Å²) in [6.45, 7) is 1.42. The van der Waals surface area contributed by atoms with Crippen molar-refractivity contribution in [1.29, 1.82) is 0 Å². The molecule has 2 N–H and O–H groups in total. The van der Waals surface area contributed by atoms with Gasteiger partial charge in [-0.15, -0.1) is 0 Å². The van der Waals surface area contributed by atoms with Crippen LogP contribution >= 0.6 is 11.6 Å². The zero-order valence-electron chi connectivity index (χ0n) is 9.55. The van der Waals surface area contributed by atoms with Crippen molar-refractivity contribution in [3.8, 4) is 5.75 Å². The Labute approximate surface area is 111 Å². The molecule has 0 heterocycles. The maximum Gasteiger partial charge on any atom is 0.416 e. The van der Waals surface area contributed by atoms with E-state index in [9.17, 15) is 23.0 Å². The third-order valence-electron chi connectivity index (χ3n) is 1.88. The zero-order chi connectivity index (χ0) is 14.8. The molecule has 0 radical (unpaired) electrons. The van der Waals surface area contributed by atoms with Crippen molar-refractivity contribution in [2.45, 2.75) is 13.1 Å². The number of allylic oxidation sites excluding steroid dienone is 1. The molecule has 0 aromatic heterocycles. The van der Waals surface area contributed by atoms with E-state index in [0.717, 1.165) is 6.08 Å². The van der Waals surface area contributed by atoms with Gasteiger partial charge in [-0.25, -0.2) is 4.39 Å². The highest BCUT2D eigenvalue weighted by atomic mass is 35.5. The molecule has 0 aliphatic carbocycles. The van der Waals surface area contributed by atoms with Crippen molar-refractivity contribution in [2.75, 3.05) is 0 Å². The van der Waals surface area contributed by atoms with Crippen LogP contribution in [0.1, 0.15) is 12.5 Å². The van der Waals surface area contributed by atoms with Crippen LogP contribution in [0.2, 0.25) is 5.02 Å². The molecule has 0 bridgehead atoms. The second-order valence-corrected chi connectivity index (χ2v) is 4.00. The Morgan fingerprint density at radius 3 is 2.42 bits per heavy atom. The molecular formula is C11H8ClF4N2O-. The van der Waals surface area contributed by atoms with Gasteiger partial charge < -0.3 is 15.9 Å². The summed E-state index contributed by atoms with van der Waals surface area (Å²) >= 11 is 5.48. The lowest BCUT2D eigenvalue weighted by Crippen LogP contribution is -2.10. The minimum absolute atomic E-state index is 0.154. The summed E-state index contributed by atoms with van der Waals surface area (Å²) in [6.07, 6.45) is -3.78. The van der Waals surface area contributed by atoms with Gasteiger partial charge in [-0.2, -0.15) is 13.2 Å². The first-order chi connectivity index (χ1) is 8.61. The molecule has 1 aromatic carbocycles. The van der Waals surface area contributed by atoms with Crippen LogP contribution in [0.15, 0.2) is 23.9 Å². The Morgan fingerprint density at radius 2 is 2.00 bits per heavy atom. The Balaban J connectivity index is 3.12. The number of nitrogens with zero attached hydrogens (tertiary/aromatic N) is 1. The van der Waals surface area contributed by atoms with Crippen molar-refractivity contribution < 1.29 is 22.3 Å². The second kappa shape index (κ2) is 5.48. The monoisotopic (exact) mass is 295 g/mol. The molecule has 0 aliphatic rings. The van der Waals surface area contributed by atoms with E-state index in [1.807, 2.05) is 0 Å². The number of ether oxygens (including phenoxy) is 1. The van der Waals surface area contributed by atoms with Crippen LogP contribution < -0.4 is 10.5 Å². The molecule has 0 saturated heterocycles. The minimum Gasteiger partial charge on any atom is -0.771 e. The molecule has 0 fully saturated rings. The summed E-state index contributed by atoms with van der Waals surface area (Å²) in [4.78, 5) is 0. The van der Waals surface area contributed by atoms with Crippen LogP contribution in [0.25, 0.3) is 5.41 Å². The number of rotatable bonds is 2. The lowest BCUT2D eigenvalue weighted by molar-refractivity contribution is -0.137. The first-order valence-electron chi connectivity index (χ1n) is 4.85. The Kier molecular flexibility index (Phi) is 4.41. The number of hydrogen-bond acceptors (Lipinski definition) is 2. The summed E-state index contributed by atoms with van der Waals surface area (Å²) in [5, 5.41) is 8.62. The van der Waals surface area contributed by atoms with Crippen LogP contribution in [0.4, 0.5) is 17.6 Å². The van der Waals surface area contributed by atoms with E-state index < -0.39 is 34.2 Å². The van der Waals surface area contributed by atoms with Gasteiger partial charge in [-0.1, -0.05) is 11.6 Å². The highest BCUT2D eigenvalue weighted by Crippen LogP contribution is 2.36. The molecule has 0 atom stereocenters. The van der Waals surface area contributed by atoms with Crippen LogP contribution in [0.5, 0.6) is 5.75 Å². The van der Waals surface area contributed by atoms with Crippen LogP contribution in [0, 0.1) is 5.82 Å². The molecule has 3 nitrogen and oxygen atoms in total. The number of halogens is 5. The fourth-order valence-electron chi connectivity index (χ4n) is 1.15. The van der Waals surface area contributed by atoms with E-state index >= 15 is 0 Å². The van der Waals surface area contributed by atoms with Crippen LogP contribution in [0.3, 0.4) is 0 Å². The summed E-state index contributed by atoms with van der Waals surface area (Å²) in [6, 6.07) is 0.708. The Bertz CT molecular complexity index is 513. The van der Waals surface area contributed by atoms with Gasteiger partial charge in [0.25, 0.3) is 0 Å². The number of benzene rings is 1. The third-order valence-corrected chi connectivity index (χ3v) is 2.16. The summed E-state index contributed by atoms with van der Waals surface area (Å²) < 4.78 is 55.2. The van der Waals surface area contributed by atoms with Crippen molar-refractivity contribution >= 4 is 17.5 Å². The first-order valence-corrected chi connectivity index (χ1v) is 5.23. The van der Waals surface area contributed by atoms with E-state index in [1.54, 1.807) is 0 Å². The molecule has 0 unspecified atom stereocenters. The number of hydrogen-bond donors (Lipinski definition) is 1. The molecule has 0 amide bonds. The first kappa shape index (κ1) is 15.3. The molecule has 0 spiro atoms. The van der Waals surface area contributed by atoms with Crippen LogP contribution in [-0.2, 0) is 6.18 Å². The maximum atomic E-state index is 13.5. The van der Waals surface area contributed by atoms with Gasteiger partial charge in [-0.3, -0.25) is 0 Å². The Morgan fingerprint density at radius 1 is 1.42 bits per heavy atom. The van der Waals surface area contributed by atoms with Gasteiger partial charge in [0.1, 0.15) is 0 Å². The maximum absolute atomic E-state index is 13.5. The van der Waals surface area contributed by atoms with E-state index in [4.69, 9.17) is 17.3 Å². The lowest BCUT2D eigenvalue weighted by Gasteiger charge is -2.15. The molecule has 0 saturated carbocycles. The normalized spacial score (nSPS) is 12.4. The van der Waals surface area contributed by atoms with Gasteiger partial charge in [0.05, 0.1) is 10.6 Å². The fourth-order valence-corrected chi connectivity index (χ4v) is 1.40. The number of alkyl halides is 3. The number of nitrogens with two attached hydrogens (primary N) is 1. The topological polar surface area (TPSA) is 57.5 Å². The Hall–Kier alpha value is -1.76. The van der Waals surface area contributed by atoms with E-state index in [-0.39, 0.29) is 11.8 Å². The van der Waals surface area contributed by atoms with Gasteiger partial charge >= 0.3 is 6.18 Å². The van der Waals surface area contributed by atoms with Gasteiger partial charge in [-0.05, 0) is 25.1 Å². The van der Waals surface area contributed by atoms with E-state index in [1.165, 1.54) is 6.92 Å². The van der Waals surface area contributed by atoms with E-state index in [0.29, 0.717) is 6.07 Å². The average Bonchev–Trinajstić information content (AvgIpc) is 2.20. The van der Waals surface area contributed by atoms with Gasteiger partial charge in [0.15, 0.2) is 11.6 Å². The SMILES string of the molecule is C/C(N)=C/C(=[N-])Oc1c(F)cc(C(F)(F)F)cc1Cl. The quantitative estimate of drug-likeness (QED) is 0.514. The van der Waals surface area contributed by atoms with Crippen molar-refractivity contribution in [1.82, 2.24) is 0 Å². The summed E-state index contributed by atoms with van der Waals surface area (Å²) in [7, 11) is 0. The predicted octanol–water partition coefficient (Wildman–Crippen LogP) is 3.71. The molecule has 1 aromatic rings.